The summed E-state index contributed by atoms with van der Waals surface area (Å²) < 4.78 is 24.4. The zero-order chi connectivity index (χ0) is 14.0. The van der Waals surface area contributed by atoms with Crippen LogP contribution in [0.4, 0.5) is 5.69 Å². The Kier molecular flexibility index (Phi) is 4.02. The van der Waals surface area contributed by atoms with Crippen molar-refractivity contribution < 1.29 is 8.42 Å². The van der Waals surface area contributed by atoms with Crippen LogP contribution in [-0.2, 0) is 10.0 Å². The Bertz CT molecular complexity index is 580. The molecular weight excluding hydrogens is 284 g/mol. The molecule has 0 spiro atoms. The monoisotopic (exact) mass is 300 g/mol. The lowest BCUT2D eigenvalue weighted by Gasteiger charge is -2.35. The second-order valence-corrected chi connectivity index (χ2v) is 6.81. The van der Waals surface area contributed by atoms with Crippen molar-refractivity contribution in [3.8, 4) is 0 Å². The summed E-state index contributed by atoms with van der Waals surface area (Å²) in [5, 5.41) is 0. The van der Waals surface area contributed by atoms with E-state index in [-0.39, 0.29) is 4.99 Å². The minimum Gasteiger partial charge on any atom is -0.388 e. The molecule has 0 aromatic carbocycles. The van der Waals surface area contributed by atoms with Crippen LogP contribution in [0, 0.1) is 0 Å². The smallest absolute Gasteiger partial charge is 0.211 e. The summed E-state index contributed by atoms with van der Waals surface area (Å²) in [6.07, 6.45) is 2.87. The zero-order valence-electron chi connectivity index (χ0n) is 10.6. The molecule has 2 N–H and O–H groups in total. The van der Waals surface area contributed by atoms with Gasteiger partial charge in [0.25, 0.3) is 0 Å². The Hall–Kier alpha value is -1.25. The molecular formula is C11H16N4O2S2. The van der Waals surface area contributed by atoms with Crippen LogP contribution in [0.2, 0.25) is 0 Å². The molecule has 0 radical (unpaired) electrons. The van der Waals surface area contributed by atoms with Crippen molar-refractivity contribution in [1.82, 2.24) is 9.29 Å². The average molecular weight is 300 g/mol. The fourth-order valence-corrected chi connectivity index (χ4v) is 3.09. The lowest BCUT2D eigenvalue weighted by molar-refractivity contribution is 0.388. The first kappa shape index (κ1) is 14.2. The fraction of sp³-hybridized carbons (Fsp3) is 0.455. The minimum atomic E-state index is -3.12. The second-order valence-electron chi connectivity index (χ2n) is 4.38. The van der Waals surface area contributed by atoms with Crippen LogP contribution in [0.15, 0.2) is 18.3 Å². The molecule has 6 nitrogen and oxygen atoms in total. The number of nitrogens with zero attached hydrogens (tertiary/aromatic N) is 3. The molecule has 1 fully saturated rings. The van der Waals surface area contributed by atoms with E-state index in [9.17, 15) is 8.42 Å². The fourth-order valence-electron chi connectivity index (χ4n) is 2.10. The number of pyridine rings is 1. The third-order valence-corrected chi connectivity index (χ3v) is 4.56. The molecule has 0 amide bonds. The van der Waals surface area contributed by atoms with E-state index in [0.29, 0.717) is 31.9 Å². The maximum atomic E-state index is 11.5. The van der Waals surface area contributed by atoms with Crippen LogP contribution >= 0.6 is 12.2 Å². The molecule has 19 heavy (non-hydrogen) atoms. The van der Waals surface area contributed by atoms with Gasteiger partial charge >= 0.3 is 0 Å². The van der Waals surface area contributed by atoms with Gasteiger partial charge in [0, 0.05) is 32.4 Å². The Labute approximate surface area is 118 Å². The molecule has 8 heteroatoms. The van der Waals surface area contributed by atoms with Crippen LogP contribution < -0.4 is 10.6 Å². The van der Waals surface area contributed by atoms with Crippen LogP contribution in [0.3, 0.4) is 0 Å². The van der Waals surface area contributed by atoms with E-state index in [4.69, 9.17) is 18.0 Å². The summed E-state index contributed by atoms with van der Waals surface area (Å²) in [5.41, 5.74) is 7.11. The normalized spacial score (nSPS) is 17.4. The van der Waals surface area contributed by atoms with Gasteiger partial charge in [-0.25, -0.2) is 8.42 Å². The third-order valence-electron chi connectivity index (χ3n) is 3.07. The van der Waals surface area contributed by atoms with E-state index in [1.807, 2.05) is 12.1 Å². The number of piperazine rings is 1. The van der Waals surface area contributed by atoms with E-state index in [0.717, 1.165) is 5.69 Å². The summed E-state index contributed by atoms with van der Waals surface area (Å²) in [7, 11) is -3.12. The maximum Gasteiger partial charge on any atom is 0.211 e. The predicted octanol–water partition coefficient (Wildman–Crippen LogP) is -0.203. The van der Waals surface area contributed by atoms with Gasteiger partial charge in [-0.3, -0.25) is 4.98 Å². The number of hydrogen-bond donors (Lipinski definition) is 1. The first-order chi connectivity index (χ1) is 8.89. The summed E-state index contributed by atoms with van der Waals surface area (Å²) in [4.78, 5) is 6.49. The van der Waals surface area contributed by atoms with E-state index in [1.165, 1.54) is 10.6 Å². The molecule has 0 bridgehead atoms. The number of hydrogen-bond acceptors (Lipinski definition) is 5. The maximum absolute atomic E-state index is 11.5. The predicted molar refractivity (Wildman–Crippen MR) is 78.8 cm³/mol. The van der Waals surface area contributed by atoms with Gasteiger partial charge in [0.05, 0.1) is 11.9 Å². The second kappa shape index (κ2) is 5.40. The lowest BCUT2D eigenvalue weighted by atomic mass is 10.2. The van der Waals surface area contributed by atoms with Crippen molar-refractivity contribution >= 4 is 32.9 Å². The van der Waals surface area contributed by atoms with E-state index < -0.39 is 10.0 Å². The van der Waals surface area contributed by atoms with Gasteiger partial charge in [-0.05, 0) is 12.1 Å². The Balaban J connectivity index is 2.16. The Morgan fingerprint density at radius 2 is 2.00 bits per heavy atom. The summed E-state index contributed by atoms with van der Waals surface area (Å²) in [5.74, 6) is 0. The van der Waals surface area contributed by atoms with Gasteiger partial charge < -0.3 is 10.6 Å². The number of sulfonamides is 1. The highest BCUT2D eigenvalue weighted by molar-refractivity contribution is 7.88. The van der Waals surface area contributed by atoms with Crippen molar-refractivity contribution in [2.24, 2.45) is 5.73 Å². The van der Waals surface area contributed by atoms with Gasteiger partial charge in [-0.15, -0.1) is 0 Å². The van der Waals surface area contributed by atoms with Crippen LogP contribution in [0.25, 0.3) is 0 Å². The molecule has 1 aromatic heterocycles. The Morgan fingerprint density at radius 1 is 1.37 bits per heavy atom. The zero-order valence-corrected chi connectivity index (χ0v) is 12.2. The van der Waals surface area contributed by atoms with Crippen molar-refractivity contribution in [2.75, 3.05) is 37.3 Å². The van der Waals surface area contributed by atoms with E-state index in [2.05, 4.69) is 9.88 Å². The summed E-state index contributed by atoms with van der Waals surface area (Å²) in [6.45, 7) is 2.14. The minimum absolute atomic E-state index is 0.251. The van der Waals surface area contributed by atoms with Crippen LogP contribution in [0.1, 0.15) is 5.69 Å². The first-order valence-corrected chi connectivity index (χ1v) is 8.10. The quantitative estimate of drug-likeness (QED) is 0.779. The molecule has 2 rings (SSSR count). The molecule has 0 saturated carbocycles. The van der Waals surface area contributed by atoms with E-state index >= 15 is 0 Å². The molecule has 1 saturated heterocycles. The average Bonchev–Trinajstić information content (AvgIpc) is 2.38. The summed E-state index contributed by atoms with van der Waals surface area (Å²) in [6, 6.07) is 3.72. The summed E-state index contributed by atoms with van der Waals surface area (Å²) >= 11 is 4.98. The number of rotatable bonds is 3. The number of thiocarbonyl (C=S) groups is 1. The molecule has 2 heterocycles. The third kappa shape index (κ3) is 3.20. The number of aromatic nitrogens is 1. The molecule has 104 valence electrons. The van der Waals surface area contributed by atoms with Crippen molar-refractivity contribution in [1.29, 1.82) is 0 Å². The molecule has 0 unspecified atom stereocenters. The largest absolute Gasteiger partial charge is 0.388 e. The topological polar surface area (TPSA) is 79.5 Å². The standard InChI is InChI=1S/C11H16N4O2S2/c1-19(16,17)15-7-5-14(6-8-15)9-3-2-4-13-10(9)11(12)18/h2-4H,5-8H2,1H3,(H2,12,18). The molecule has 0 atom stereocenters. The van der Waals surface area contributed by atoms with Gasteiger partial charge in [0.15, 0.2) is 0 Å². The van der Waals surface area contributed by atoms with Gasteiger partial charge in [-0.1, -0.05) is 12.2 Å². The van der Waals surface area contributed by atoms with Crippen molar-refractivity contribution in [3.05, 3.63) is 24.0 Å². The highest BCUT2D eigenvalue weighted by Gasteiger charge is 2.25. The van der Waals surface area contributed by atoms with Gasteiger partial charge in [0.2, 0.25) is 10.0 Å². The molecule has 1 aliphatic rings. The lowest BCUT2D eigenvalue weighted by Crippen LogP contribution is -2.48. The molecule has 1 aromatic rings. The van der Waals surface area contributed by atoms with Gasteiger partial charge in [-0.2, -0.15) is 4.31 Å². The highest BCUT2D eigenvalue weighted by Crippen LogP contribution is 2.20. The van der Waals surface area contributed by atoms with Crippen molar-refractivity contribution in [3.63, 3.8) is 0 Å². The van der Waals surface area contributed by atoms with Crippen molar-refractivity contribution in [2.45, 2.75) is 0 Å². The Morgan fingerprint density at radius 3 is 2.53 bits per heavy atom. The van der Waals surface area contributed by atoms with Crippen LogP contribution in [0.5, 0.6) is 0 Å². The van der Waals surface area contributed by atoms with Crippen LogP contribution in [-0.4, -0.2) is 55.1 Å². The molecule has 0 aliphatic carbocycles. The SMILES string of the molecule is CS(=O)(=O)N1CCN(c2cccnc2C(N)=S)CC1. The number of anilines is 1. The molecule has 1 aliphatic heterocycles. The highest BCUT2D eigenvalue weighted by atomic mass is 32.2. The van der Waals surface area contributed by atoms with E-state index in [1.54, 1.807) is 6.20 Å². The van der Waals surface area contributed by atoms with Gasteiger partial charge in [0.1, 0.15) is 10.7 Å². The first-order valence-electron chi connectivity index (χ1n) is 5.84. The number of nitrogens with two attached hydrogens (primary N) is 1.